The highest BCUT2D eigenvalue weighted by atomic mass is 16.5. The Balaban J connectivity index is 1.52. The lowest BCUT2D eigenvalue weighted by molar-refractivity contribution is 0.0117. The third-order valence-corrected chi connectivity index (χ3v) is 5.57. The van der Waals surface area contributed by atoms with E-state index in [1.165, 1.54) is 0 Å². The van der Waals surface area contributed by atoms with E-state index < -0.39 is 0 Å². The van der Waals surface area contributed by atoms with Gasteiger partial charge >= 0.3 is 0 Å². The summed E-state index contributed by atoms with van der Waals surface area (Å²) in [5, 5.41) is 0. The Morgan fingerprint density at radius 1 is 0.528 bits per heavy atom. The van der Waals surface area contributed by atoms with Crippen molar-refractivity contribution in [2.24, 2.45) is 0 Å². The molecule has 194 valence electrons. The van der Waals surface area contributed by atoms with Crippen molar-refractivity contribution in [1.29, 1.82) is 0 Å². The lowest BCUT2D eigenvalue weighted by Crippen LogP contribution is -2.36. The van der Waals surface area contributed by atoms with Gasteiger partial charge in [-0.3, -0.25) is 24.8 Å². The standard InChI is InChI=1S/C28H39N5O3/c1-2-34-19-20-36-22-21-35-18-17-32(23-26-9-3-6-12-29-26)15-16-33(24-27-10-4-7-13-30-27)25-28-11-5-8-14-31-28/h3-14H,2,15-25H2,1H3. The topological polar surface area (TPSA) is 72.8 Å². The van der Waals surface area contributed by atoms with Crippen LogP contribution in [0.25, 0.3) is 0 Å². The molecular formula is C28H39N5O3. The molecule has 0 bridgehead atoms. The first-order valence-corrected chi connectivity index (χ1v) is 12.7. The lowest BCUT2D eigenvalue weighted by Gasteiger charge is -2.27. The van der Waals surface area contributed by atoms with Crippen LogP contribution in [-0.4, -0.2) is 84.0 Å². The number of pyridine rings is 3. The Morgan fingerprint density at radius 2 is 0.972 bits per heavy atom. The van der Waals surface area contributed by atoms with E-state index in [1.54, 1.807) is 0 Å². The maximum Gasteiger partial charge on any atom is 0.0701 e. The Morgan fingerprint density at radius 3 is 1.44 bits per heavy atom. The molecular weight excluding hydrogens is 454 g/mol. The number of rotatable bonds is 19. The second-order valence-electron chi connectivity index (χ2n) is 8.37. The van der Waals surface area contributed by atoms with Gasteiger partial charge in [0, 0.05) is 64.5 Å². The molecule has 0 aliphatic heterocycles. The third kappa shape index (κ3) is 11.8. The molecule has 0 saturated heterocycles. The molecule has 3 rings (SSSR count). The van der Waals surface area contributed by atoms with Crippen molar-refractivity contribution in [1.82, 2.24) is 24.8 Å². The van der Waals surface area contributed by atoms with Crippen molar-refractivity contribution in [3.8, 4) is 0 Å². The van der Waals surface area contributed by atoms with E-state index in [4.69, 9.17) is 14.2 Å². The average Bonchev–Trinajstić information content (AvgIpc) is 2.92. The normalized spacial score (nSPS) is 11.4. The molecule has 0 N–H and O–H groups in total. The van der Waals surface area contributed by atoms with Gasteiger partial charge < -0.3 is 14.2 Å². The molecule has 0 saturated carbocycles. The minimum atomic E-state index is 0.578. The first-order valence-electron chi connectivity index (χ1n) is 12.7. The Labute approximate surface area is 215 Å². The van der Waals surface area contributed by atoms with Crippen LogP contribution in [0.2, 0.25) is 0 Å². The van der Waals surface area contributed by atoms with Crippen molar-refractivity contribution in [2.45, 2.75) is 26.6 Å². The van der Waals surface area contributed by atoms with Gasteiger partial charge in [0.1, 0.15) is 0 Å². The van der Waals surface area contributed by atoms with Crippen LogP contribution in [0.4, 0.5) is 0 Å². The minimum Gasteiger partial charge on any atom is -0.379 e. The highest BCUT2D eigenvalue weighted by Gasteiger charge is 2.13. The van der Waals surface area contributed by atoms with E-state index >= 15 is 0 Å². The monoisotopic (exact) mass is 493 g/mol. The minimum absolute atomic E-state index is 0.578. The second kappa shape index (κ2) is 17.6. The third-order valence-electron chi connectivity index (χ3n) is 5.57. The molecule has 8 nitrogen and oxygen atoms in total. The smallest absolute Gasteiger partial charge is 0.0701 e. The van der Waals surface area contributed by atoms with Gasteiger partial charge in [0.25, 0.3) is 0 Å². The fourth-order valence-electron chi connectivity index (χ4n) is 3.71. The van der Waals surface area contributed by atoms with Gasteiger partial charge in [-0.15, -0.1) is 0 Å². The summed E-state index contributed by atoms with van der Waals surface area (Å²) in [7, 11) is 0. The molecule has 0 fully saturated rings. The Kier molecular flexibility index (Phi) is 13.6. The molecule has 3 aromatic heterocycles. The predicted molar refractivity (Wildman–Crippen MR) is 140 cm³/mol. The fourth-order valence-corrected chi connectivity index (χ4v) is 3.71. The zero-order chi connectivity index (χ0) is 25.1. The number of ether oxygens (including phenoxy) is 3. The van der Waals surface area contributed by atoms with E-state index in [0.29, 0.717) is 39.6 Å². The van der Waals surface area contributed by atoms with Crippen molar-refractivity contribution in [3.63, 3.8) is 0 Å². The van der Waals surface area contributed by atoms with Gasteiger partial charge in [-0.2, -0.15) is 0 Å². The zero-order valence-electron chi connectivity index (χ0n) is 21.4. The van der Waals surface area contributed by atoms with Gasteiger partial charge in [0.2, 0.25) is 0 Å². The molecule has 0 aromatic carbocycles. The van der Waals surface area contributed by atoms with Crippen LogP contribution in [-0.2, 0) is 33.8 Å². The maximum atomic E-state index is 5.85. The van der Waals surface area contributed by atoms with Crippen molar-refractivity contribution in [3.05, 3.63) is 90.3 Å². The summed E-state index contributed by atoms with van der Waals surface area (Å²) in [6.07, 6.45) is 5.54. The van der Waals surface area contributed by atoms with Gasteiger partial charge in [-0.05, 0) is 43.3 Å². The van der Waals surface area contributed by atoms with Crippen LogP contribution in [0.5, 0.6) is 0 Å². The maximum absolute atomic E-state index is 5.85. The Hall–Kier alpha value is -2.75. The van der Waals surface area contributed by atoms with Crippen molar-refractivity contribution >= 4 is 0 Å². The van der Waals surface area contributed by atoms with Crippen LogP contribution >= 0.6 is 0 Å². The molecule has 0 amide bonds. The number of aromatic nitrogens is 3. The summed E-state index contributed by atoms with van der Waals surface area (Å²) >= 11 is 0. The molecule has 0 aliphatic rings. The summed E-state index contributed by atoms with van der Waals surface area (Å²) in [6, 6.07) is 18.2. The van der Waals surface area contributed by atoms with Crippen LogP contribution in [0.3, 0.4) is 0 Å². The molecule has 8 heteroatoms. The summed E-state index contributed by atoms with van der Waals surface area (Å²) in [6.45, 7) is 10.6. The summed E-state index contributed by atoms with van der Waals surface area (Å²) < 4.78 is 16.7. The zero-order valence-corrected chi connectivity index (χ0v) is 21.4. The van der Waals surface area contributed by atoms with Gasteiger partial charge in [0.05, 0.1) is 50.1 Å². The Bertz CT molecular complexity index is 877. The molecule has 0 radical (unpaired) electrons. The molecule has 0 unspecified atom stereocenters. The molecule has 0 spiro atoms. The van der Waals surface area contributed by atoms with Crippen molar-refractivity contribution in [2.75, 3.05) is 59.3 Å². The first kappa shape index (κ1) is 27.8. The van der Waals surface area contributed by atoms with Crippen molar-refractivity contribution < 1.29 is 14.2 Å². The number of hydrogen-bond donors (Lipinski definition) is 0. The van der Waals surface area contributed by atoms with E-state index in [1.807, 2.05) is 61.9 Å². The van der Waals surface area contributed by atoms with Crippen LogP contribution in [0.1, 0.15) is 24.0 Å². The van der Waals surface area contributed by atoms with E-state index in [0.717, 1.165) is 56.4 Å². The van der Waals surface area contributed by atoms with E-state index in [9.17, 15) is 0 Å². The summed E-state index contributed by atoms with van der Waals surface area (Å²) in [4.78, 5) is 18.4. The molecule has 36 heavy (non-hydrogen) atoms. The van der Waals surface area contributed by atoms with E-state index in [2.05, 4.69) is 43.0 Å². The highest BCUT2D eigenvalue weighted by Crippen LogP contribution is 2.08. The lowest BCUT2D eigenvalue weighted by atomic mass is 10.2. The first-order chi connectivity index (χ1) is 17.8. The van der Waals surface area contributed by atoms with Gasteiger partial charge in [-0.25, -0.2) is 0 Å². The van der Waals surface area contributed by atoms with Crippen LogP contribution in [0.15, 0.2) is 73.2 Å². The van der Waals surface area contributed by atoms with Gasteiger partial charge in [-0.1, -0.05) is 18.2 Å². The quantitative estimate of drug-likeness (QED) is 0.235. The highest BCUT2D eigenvalue weighted by molar-refractivity contribution is 5.06. The summed E-state index contributed by atoms with van der Waals surface area (Å²) in [5.74, 6) is 0. The second-order valence-corrected chi connectivity index (χ2v) is 8.37. The largest absolute Gasteiger partial charge is 0.379 e. The van der Waals surface area contributed by atoms with Crippen LogP contribution < -0.4 is 0 Å². The summed E-state index contributed by atoms with van der Waals surface area (Å²) in [5.41, 5.74) is 3.16. The van der Waals surface area contributed by atoms with Crippen LogP contribution in [0, 0.1) is 0 Å². The fraction of sp³-hybridized carbons (Fsp3) is 0.464. The number of hydrogen-bond acceptors (Lipinski definition) is 8. The molecule has 0 aliphatic carbocycles. The van der Waals surface area contributed by atoms with Gasteiger partial charge in [0.15, 0.2) is 0 Å². The molecule has 3 aromatic rings. The average molecular weight is 494 g/mol. The van der Waals surface area contributed by atoms with E-state index in [-0.39, 0.29) is 0 Å². The molecule has 0 atom stereocenters. The SMILES string of the molecule is CCOCCOCCOCCN(CCN(Cc1ccccn1)Cc1ccccn1)Cc1ccccn1. The number of nitrogens with zero attached hydrogens (tertiary/aromatic N) is 5. The predicted octanol–water partition coefficient (Wildman–Crippen LogP) is 3.45. The molecule has 3 heterocycles.